The predicted molar refractivity (Wildman–Crippen MR) is 54.4 cm³/mol. The Kier molecular flexibility index (Phi) is 4.68. The van der Waals surface area contributed by atoms with Gasteiger partial charge in [0.2, 0.25) is 0 Å². The number of methoxy groups -OCH3 is 1. The monoisotopic (exact) mass is 248 g/mol. The minimum absolute atomic E-state index is 0. The average molecular weight is 249 g/mol. The van der Waals surface area contributed by atoms with Gasteiger partial charge in [0.15, 0.2) is 0 Å². The van der Waals surface area contributed by atoms with Crippen molar-refractivity contribution in [3.63, 3.8) is 0 Å². The second-order valence-electron chi connectivity index (χ2n) is 3.55. The number of hydrogen-bond acceptors (Lipinski definition) is 3. The van der Waals surface area contributed by atoms with Gasteiger partial charge in [-0.15, -0.1) is 0 Å². The van der Waals surface area contributed by atoms with Crippen LogP contribution in [0.2, 0.25) is 5.02 Å². The van der Waals surface area contributed by atoms with E-state index in [9.17, 15) is 9.90 Å². The van der Waals surface area contributed by atoms with E-state index in [1.54, 1.807) is 6.07 Å². The zero-order valence-electron chi connectivity index (χ0n) is 9.30. The summed E-state index contributed by atoms with van der Waals surface area (Å²) in [5, 5.41) is 11.4. The van der Waals surface area contributed by atoms with Gasteiger partial charge in [0.25, 0.3) is 0 Å². The zero-order valence-corrected chi connectivity index (χ0v) is 12.1. The number of rotatable bonds is 2. The summed E-state index contributed by atoms with van der Waals surface area (Å²) in [4.78, 5) is 11.0. The molecule has 0 radical (unpaired) electrons. The number of aromatic carboxylic acids is 1. The predicted octanol–water partition coefficient (Wildman–Crippen LogP) is -1.80. The number of aryl methyl sites for hydroxylation is 1. The molecule has 16 heavy (non-hydrogen) atoms. The van der Waals surface area contributed by atoms with Crippen molar-refractivity contribution in [1.82, 2.24) is 0 Å². The van der Waals surface area contributed by atoms with Crippen LogP contribution in [0, 0.1) is 0 Å². The van der Waals surface area contributed by atoms with E-state index < -0.39 is 5.97 Å². The second kappa shape index (κ2) is 5.41. The zero-order chi connectivity index (χ0) is 11.0. The molecule has 2 rings (SSSR count). The molecule has 0 heterocycles. The smallest absolute Gasteiger partial charge is 0.545 e. The van der Waals surface area contributed by atoms with Gasteiger partial charge in [0, 0.05) is 5.56 Å². The Morgan fingerprint density at radius 1 is 1.50 bits per heavy atom. The fourth-order valence-electron chi connectivity index (χ4n) is 2.10. The number of ether oxygens (including phenoxy) is 1. The molecule has 0 N–H and O–H groups in total. The van der Waals surface area contributed by atoms with E-state index in [0.717, 1.165) is 30.4 Å². The van der Waals surface area contributed by atoms with Gasteiger partial charge in [-0.25, -0.2) is 0 Å². The number of hydrogen-bond donors (Lipinski definition) is 0. The maximum absolute atomic E-state index is 11.0. The second-order valence-corrected chi connectivity index (χ2v) is 3.95. The molecule has 0 bridgehead atoms. The number of halogens is 1. The van der Waals surface area contributed by atoms with Crippen LogP contribution >= 0.6 is 11.6 Å². The van der Waals surface area contributed by atoms with E-state index in [1.165, 1.54) is 7.11 Å². The largest absolute Gasteiger partial charge is 1.00 e. The molecule has 80 valence electrons. The van der Waals surface area contributed by atoms with Gasteiger partial charge in [-0.05, 0) is 36.5 Å². The first-order chi connectivity index (χ1) is 7.15. The van der Waals surface area contributed by atoms with E-state index in [2.05, 4.69) is 0 Å². The van der Waals surface area contributed by atoms with Crippen LogP contribution in [0.1, 0.15) is 27.9 Å². The summed E-state index contributed by atoms with van der Waals surface area (Å²) in [7, 11) is 1.41. The van der Waals surface area contributed by atoms with Gasteiger partial charge in [-0.3, -0.25) is 0 Å². The van der Waals surface area contributed by atoms with Crippen LogP contribution in [0.15, 0.2) is 6.07 Å². The number of fused-ring (bicyclic) bond motifs is 1. The fraction of sp³-hybridized carbons (Fsp3) is 0.364. The van der Waals surface area contributed by atoms with Crippen molar-refractivity contribution in [3.8, 4) is 5.75 Å². The first kappa shape index (κ1) is 13.8. The van der Waals surface area contributed by atoms with Crippen LogP contribution in [0.5, 0.6) is 5.75 Å². The fourth-order valence-corrected chi connectivity index (χ4v) is 2.41. The van der Waals surface area contributed by atoms with Gasteiger partial charge < -0.3 is 14.6 Å². The quantitative estimate of drug-likeness (QED) is 0.581. The van der Waals surface area contributed by atoms with Crippen molar-refractivity contribution in [3.05, 3.63) is 27.8 Å². The molecular weight excluding hydrogens is 239 g/mol. The summed E-state index contributed by atoms with van der Waals surface area (Å²) >= 11 is 5.94. The summed E-state index contributed by atoms with van der Waals surface area (Å²) in [5.41, 5.74) is 1.94. The van der Waals surface area contributed by atoms with E-state index in [0.29, 0.717) is 5.02 Å². The van der Waals surface area contributed by atoms with E-state index in [1.807, 2.05) is 0 Å². The normalized spacial score (nSPS) is 12.9. The van der Waals surface area contributed by atoms with Crippen LogP contribution in [0.3, 0.4) is 0 Å². The Morgan fingerprint density at radius 3 is 2.75 bits per heavy atom. The third-order valence-corrected chi connectivity index (χ3v) is 3.00. The Morgan fingerprint density at radius 2 is 2.19 bits per heavy atom. The molecule has 1 aliphatic carbocycles. The third kappa shape index (κ3) is 2.23. The van der Waals surface area contributed by atoms with Gasteiger partial charge in [-0.1, -0.05) is 11.6 Å². The number of benzene rings is 1. The molecular formula is C11H10ClNaO3. The summed E-state index contributed by atoms with van der Waals surface area (Å²) in [6.07, 6.45) is 2.59. The SMILES string of the molecule is COc1c(Cl)cc2c(c1C(=O)[O-])CCC2.[Na+]. The van der Waals surface area contributed by atoms with Gasteiger partial charge >= 0.3 is 29.6 Å². The number of carbonyl (C=O) groups is 1. The van der Waals surface area contributed by atoms with E-state index >= 15 is 0 Å². The van der Waals surface area contributed by atoms with Gasteiger partial charge in [0.1, 0.15) is 5.75 Å². The van der Waals surface area contributed by atoms with E-state index in [4.69, 9.17) is 16.3 Å². The summed E-state index contributed by atoms with van der Waals surface area (Å²) in [6, 6.07) is 1.79. The number of carboxylic acid groups (broad SMARTS) is 1. The Bertz CT molecular complexity index is 428. The molecule has 0 spiro atoms. The topological polar surface area (TPSA) is 49.4 Å². The molecule has 1 aromatic rings. The average Bonchev–Trinajstić information content (AvgIpc) is 2.62. The molecule has 0 aromatic heterocycles. The third-order valence-electron chi connectivity index (χ3n) is 2.72. The Labute approximate surface area is 121 Å². The minimum Gasteiger partial charge on any atom is -0.545 e. The molecule has 0 saturated heterocycles. The van der Waals surface area contributed by atoms with Crippen molar-refractivity contribution in [2.24, 2.45) is 0 Å². The van der Waals surface area contributed by atoms with Crippen LogP contribution in [-0.4, -0.2) is 13.1 Å². The standard InChI is InChI=1S/C11H11ClO3.Na/c1-15-10-8(12)5-6-3-2-4-7(6)9(10)11(13)14;/h5H,2-4H2,1H3,(H,13,14);/q;+1/p-1. The molecule has 1 aliphatic rings. The molecule has 0 aliphatic heterocycles. The van der Waals surface area contributed by atoms with Crippen molar-refractivity contribution in [2.75, 3.05) is 7.11 Å². The Hall–Kier alpha value is -0.220. The molecule has 0 fully saturated rings. The molecule has 0 atom stereocenters. The van der Waals surface area contributed by atoms with Crippen LogP contribution in [0.25, 0.3) is 0 Å². The first-order valence-electron chi connectivity index (χ1n) is 4.74. The van der Waals surface area contributed by atoms with Crippen molar-refractivity contribution in [1.29, 1.82) is 0 Å². The summed E-state index contributed by atoms with van der Waals surface area (Å²) in [5.74, 6) is -0.996. The number of carboxylic acids is 1. The molecule has 0 amide bonds. The molecule has 5 heteroatoms. The maximum Gasteiger partial charge on any atom is 1.00 e. The van der Waals surface area contributed by atoms with Crippen LogP contribution in [0.4, 0.5) is 0 Å². The minimum atomic E-state index is -1.22. The molecule has 0 saturated carbocycles. The first-order valence-corrected chi connectivity index (χ1v) is 5.12. The van der Waals surface area contributed by atoms with Crippen molar-refractivity contribution in [2.45, 2.75) is 19.3 Å². The van der Waals surface area contributed by atoms with Gasteiger partial charge in [0.05, 0.1) is 18.1 Å². The molecule has 3 nitrogen and oxygen atoms in total. The van der Waals surface area contributed by atoms with Gasteiger partial charge in [-0.2, -0.15) is 0 Å². The Balaban J connectivity index is 0.00000128. The van der Waals surface area contributed by atoms with E-state index in [-0.39, 0.29) is 40.9 Å². The number of carbonyl (C=O) groups excluding carboxylic acids is 1. The van der Waals surface area contributed by atoms with Crippen LogP contribution in [-0.2, 0) is 12.8 Å². The molecule has 0 unspecified atom stereocenters. The summed E-state index contributed by atoms with van der Waals surface area (Å²) in [6.45, 7) is 0. The van der Waals surface area contributed by atoms with Crippen molar-refractivity contribution < 1.29 is 44.2 Å². The van der Waals surface area contributed by atoms with Crippen molar-refractivity contribution >= 4 is 17.6 Å². The van der Waals surface area contributed by atoms with Crippen LogP contribution < -0.4 is 39.4 Å². The summed E-state index contributed by atoms with van der Waals surface area (Å²) < 4.78 is 5.01. The maximum atomic E-state index is 11.0. The molecule has 1 aromatic carbocycles.